The molecule has 0 amide bonds. The van der Waals surface area contributed by atoms with E-state index in [0.717, 1.165) is 25.7 Å². The molecule has 0 saturated heterocycles. The fourth-order valence-corrected chi connectivity index (χ4v) is 8.39. The highest BCUT2D eigenvalue weighted by Crippen LogP contribution is 2.68. The summed E-state index contributed by atoms with van der Waals surface area (Å²) >= 11 is 1.53. The van der Waals surface area contributed by atoms with Gasteiger partial charge in [0.15, 0.2) is 12.4 Å². The minimum absolute atomic E-state index is 0.0823. The summed E-state index contributed by atoms with van der Waals surface area (Å²) in [7, 11) is 0. The smallest absolute Gasteiger partial charge is 0.311 e. The second kappa shape index (κ2) is 9.29. The van der Waals surface area contributed by atoms with Crippen molar-refractivity contribution in [3.8, 4) is 0 Å². The molecular formula is C28H42O6S. The lowest BCUT2D eigenvalue weighted by atomic mass is 9.45. The van der Waals surface area contributed by atoms with Gasteiger partial charge in [-0.1, -0.05) is 19.4 Å². The van der Waals surface area contributed by atoms with Crippen molar-refractivity contribution in [1.29, 1.82) is 0 Å². The Bertz CT molecular complexity index is 921. The zero-order chi connectivity index (χ0) is 25.8. The molecule has 1 N–H and O–H groups in total. The van der Waals surface area contributed by atoms with Crippen LogP contribution < -0.4 is 0 Å². The predicted molar refractivity (Wildman–Crippen MR) is 136 cm³/mol. The van der Waals surface area contributed by atoms with Gasteiger partial charge in [0.25, 0.3) is 0 Å². The molecule has 0 unspecified atom stereocenters. The number of ether oxygens (including phenoxy) is 2. The molecule has 0 radical (unpaired) electrons. The van der Waals surface area contributed by atoms with Gasteiger partial charge in [-0.3, -0.25) is 14.4 Å². The quantitative estimate of drug-likeness (QED) is 0.412. The molecule has 4 rings (SSSR count). The standard InChI is InChI=1S/C28H42O6S/c1-25(2,3)24(32)33-15-22(31)28(34-16-35-6)12-10-20-19-8-7-17-13-18(29)9-11-26(17,4)23(19)21(30)14-27(20,28)5/h13,19-21,23,30H,7-12,14-16H2,1-6H3/t19-,20-,21-,23+,26-,27-,28-/m0/s1. The minimum atomic E-state index is -1.08. The summed E-state index contributed by atoms with van der Waals surface area (Å²) in [5.74, 6) is 0.565. The number of hydrogen-bond acceptors (Lipinski definition) is 7. The first-order valence-electron chi connectivity index (χ1n) is 13.1. The van der Waals surface area contributed by atoms with E-state index in [1.807, 2.05) is 12.3 Å². The molecule has 4 aliphatic carbocycles. The van der Waals surface area contributed by atoms with Gasteiger partial charge in [0.05, 0.1) is 17.5 Å². The number of ketones is 2. The number of rotatable bonds is 6. The molecule has 3 saturated carbocycles. The Labute approximate surface area is 214 Å². The van der Waals surface area contributed by atoms with Crippen LogP contribution in [0.5, 0.6) is 0 Å². The van der Waals surface area contributed by atoms with Crippen LogP contribution in [0.3, 0.4) is 0 Å². The summed E-state index contributed by atoms with van der Waals surface area (Å²) in [4.78, 5) is 38.4. The van der Waals surface area contributed by atoms with Crippen LogP contribution >= 0.6 is 11.8 Å². The summed E-state index contributed by atoms with van der Waals surface area (Å²) in [6.07, 6.45) is 8.23. The Morgan fingerprint density at radius 2 is 1.89 bits per heavy atom. The van der Waals surface area contributed by atoms with E-state index in [1.165, 1.54) is 17.3 Å². The predicted octanol–water partition coefficient (Wildman–Crippen LogP) is 4.72. The molecular weight excluding hydrogens is 464 g/mol. The lowest BCUT2D eigenvalue weighted by Crippen LogP contribution is -2.63. The third-order valence-corrected chi connectivity index (χ3v) is 10.2. The maximum absolute atomic E-state index is 13.8. The largest absolute Gasteiger partial charge is 0.457 e. The number of allylic oxidation sites excluding steroid dienone is 1. The molecule has 0 aliphatic heterocycles. The zero-order valence-corrected chi connectivity index (χ0v) is 23.0. The van der Waals surface area contributed by atoms with Crippen molar-refractivity contribution >= 4 is 29.3 Å². The number of carbonyl (C=O) groups is 3. The average molecular weight is 507 g/mol. The number of Topliss-reactive ketones (excluding diaryl/α,β-unsaturated/α-hetero) is 1. The summed E-state index contributed by atoms with van der Waals surface area (Å²) in [5.41, 5.74) is -1.28. The van der Waals surface area contributed by atoms with Gasteiger partial charge in [0, 0.05) is 11.8 Å². The van der Waals surface area contributed by atoms with Gasteiger partial charge < -0.3 is 14.6 Å². The molecule has 0 aromatic carbocycles. The number of fused-ring (bicyclic) bond motifs is 5. The van der Waals surface area contributed by atoms with Crippen molar-refractivity contribution in [3.63, 3.8) is 0 Å². The Kier molecular flexibility index (Phi) is 7.13. The lowest BCUT2D eigenvalue weighted by molar-refractivity contribution is -0.193. The molecule has 7 atom stereocenters. The first-order chi connectivity index (χ1) is 16.3. The fourth-order valence-electron chi connectivity index (χ4n) is 8.07. The average Bonchev–Trinajstić information content (AvgIpc) is 3.07. The molecule has 0 heterocycles. The first-order valence-corrected chi connectivity index (χ1v) is 14.4. The molecule has 7 heteroatoms. The number of aliphatic hydroxyl groups is 1. The van der Waals surface area contributed by atoms with Crippen molar-refractivity contribution in [2.75, 3.05) is 18.8 Å². The van der Waals surface area contributed by atoms with Gasteiger partial charge in [-0.05, 0) is 94.8 Å². The number of esters is 1. The Hall–Kier alpha value is -1.18. The molecule has 0 aromatic heterocycles. The third-order valence-electron chi connectivity index (χ3n) is 9.84. The summed E-state index contributed by atoms with van der Waals surface area (Å²) < 4.78 is 11.9. The van der Waals surface area contributed by atoms with Gasteiger partial charge >= 0.3 is 5.97 Å². The van der Waals surface area contributed by atoms with E-state index in [0.29, 0.717) is 25.2 Å². The van der Waals surface area contributed by atoms with Gasteiger partial charge in [0.2, 0.25) is 5.78 Å². The number of aliphatic hydroxyl groups excluding tert-OH is 1. The summed E-state index contributed by atoms with van der Waals surface area (Å²) in [6.45, 7) is 9.37. The lowest BCUT2D eigenvalue weighted by Gasteiger charge is -2.61. The van der Waals surface area contributed by atoms with E-state index in [1.54, 1.807) is 20.8 Å². The maximum atomic E-state index is 13.8. The number of hydrogen-bond donors (Lipinski definition) is 1. The van der Waals surface area contributed by atoms with Crippen LogP contribution in [0.25, 0.3) is 0 Å². The second-order valence-corrected chi connectivity index (χ2v) is 13.6. The Morgan fingerprint density at radius 3 is 2.54 bits per heavy atom. The van der Waals surface area contributed by atoms with Crippen molar-refractivity contribution in [2.45, 2.75) is 91.3 Å². The van der Waals surface area contributed by atoms with Gasteiger partial charge in [-0.2, -0.15) is 0 Å². The topological polar surface area (TPSA) is 89.9 Å². The molecule has 3 fully saturated rings. The first kappa shape index (κ1) is 26.9. The van der Waals surface area contributed by atoms with Crippen molar-refractivity contribution in [3.05, 3.63) is 11.6 Å². The highest BCUT2D eigenvalue weighted by molar-refractivity contribution is 7.98. The van der Waals surface area contributed by atoms with E-state index in [-0.39, 0.29) is 41.3 Å². The molecule has 0 aromatic rings. The van der Waals surface area contributed by atoms with Crippen LogP contribution in [0, 0.1) is 34.0 Å². The van der Waals surface area contributed by atoms with Crippen molar-refractivity contribution in [2.24, 2.45) is 34.0 Å². The molecule has 35 heavy (non-hydrogen) atoms. The highest BCUT2D eigenvalue weighted by Gasteiger charge is 2.69. The van der Waals surface area contributed by atoms with Crippen LogP contribution in [0.15, 0.2) is 11.6 Å². The van der Waals surface area contributed by atoms with Crippen LogP contribution in [0.2, 0.25) is 0 Å². The van der Waals surface area contributed by atoms with Crippen LogP contribution in [0.1, 0.15) is 79.6 Å². The van der Waals surface area contributed by atoms with Crippen LogP contribution in [-0.2, 0) is 23.9 Å². The zero-order valence-electron chi connectivity index (χ0n) is 22.1. The van der Waals surface area contributed by atoms with Gasteiger partial charge in [-0.15, -0.1) is 11.8 Å². The fraction of sp³-hybridized carbons (Fsp3) is 0.821. The molecule has 0 bridgehead atoms. The maximum Gasteiger partial charge on any atom is 0.311 e. The minimum Gasteiger partial charge on any atom is -0.457 e. The second-order valence-electron chi connectivity index (χ2n) is 12.7. The molecule has 4 aliphatic rings. The van der Waals surface area contributed by atoms with E-state index >= 15 is 0 Å². The SMILES string of the molecule is CSCO[C@]1(C(=O)COC(=O)C(C)(C)C)CC[C@H]2[C@@H]3CCC4=CC(=O)CC[C@]4(C)[C@H]3[C@@H](O)C[C@@]21C. The monoisotopic (exact) mass is 506 g/mol. The van der Waals surface area contributed by atoms with E-state index in [4.69, 9.17) is 9.47 Å². The Balaban J connectivity index is 1.65. The Morgan fingerprint density at radius 1 is 1.17 bits per heavy atom. The van der Waals surface area contributed by atoms with Gasteiger partial charge in [0.1, 0.15) is 5.60 Å². The van der Waals surface area contributed by atoms with E-state index < -0.39 is 28.5 Å². The van der Waals surface area contributed by atoms with E-state index in [9.17, 15) is 19.5 Å². The van der Waals surface area contributed by atoms with Crippen LogP contribution in [-0.4, -0.2) is 53.1 Å². The highest BCUT2D eigenvalue weighted by atomic mass is 32.2. The van der Waals surface area contributed by atoms with Gasteiger partial charge in [-0.25, -0.2) is 0 Å². The number of carbonyl (C=O) groups excluding carboxylic acids is 3. The summed E-state index contributed by atoms with van der Waals surface area (Å²) in [6, 6.07) is 0. The number of thioether (sulfide) groups is 1. The molecule has 6 nitrogen and oxygen atoms in total. The van der Waals surface area contributed by atoms with Crippen molar-refractivity contribution < 1.29 is 29.0 Å². The third kappa shape index (κ3) is 4.23. The normalized spacial score (nSPS) is 40.9. The molecule has 0 spiro atoms. The summed E-state index contributed by atoms with van der Waals surface area (Å²) in [5, 5.41) is 11.7. The van der Waals surface area contributed by atoms with E-state index in [2.05, 4.69) is 13.8 Å². The van der Waals surface area contributed by atoms with Crippen molar-refractivity contribution in [1.82, 2.24) is 0 Å². The molecule has 196 valence electrons. The van der Waals surface area contributed by atoms with Crippen LogP contribution in [0.4, 0.5) is 0 Å².